The highest BCUT2D eigenvalue weighted by Gasteiger charge is 2.28. The molecule has 0 spiro atoms. The van der Waals surface area contributed by atoms with Crippen molar-refractivity contribution >= 4 is 17.5 Å². The normalized spacial score (nSPS) is 16.1. The first-order valence-electron chi connectivity index (χ1n) is 9.02. The molecule has 1 aliphatic rings. The second kappa shape index (κ2) is 8.41. The maximum absolute atomic E-state index is 10.6. The first kappa shape index (κ1) is 19.2. The number of rotatable bonds is 9. The molecule has 8 nitrogen and oxygen atoms in total. The van der Waals surface area contributed by atoms with Gasteiger partial charge in [-0.05, 0) is 44.6 Å². The van der Waals surface area contributed by atoms with Gasteiger partial charge in [0, 0.05) is 31.5 Å². The monoisotopic (exact) mass is 373 g/mol. The van der Waals surface area contributed by atoms with Crippen LogP contribution in [0.4, 0.5) is 17.5 Å². The van der Waals surface area contributed by atoms with Gasteiger partial charge in [0.25, 0.3) is 0 Å². The summed E-state index contributed by atoms with van der Waals surface area (Å²) in [6.07, 6.45) is 2.87. The molecule has 1 saturated heterocycles. The molecule has 0 amide bonds. The molecule has 1 aromatic heterocycles. The number of ether oxygens (including phenoxy) is 2. The van der Waals surface area contributed by atoms with Gasteiger partial charge in [-0.25, -0.2) is 4.98 Å². The van der Waals surface area contributed by atoms with Crippen molar-refractivity contribution in [1.82, 2.24) is 14.9 Å². The standard InChI is InChI=1S/C19H27N5O3/c1-19(25,12-24-9-4-10-24)13-27-16-11-14(5-6-15(16)26-3)22-18-21-8-7-17(20-2)23-18/h5-8,11,25H,4,9-10,12-13H2,1-3H3,(H2,20,21,22,23). The molecule has 0 radical (unpaired) electrons. The summed E-state index contributed by atoms with van der Waals surface area (Å²) >= 11 is 0. The van der Waals surface area contributed by atoms with Crippen molar-refractivity contribution < 1.29 is 14.6 Å². The van der Waals surface area contributed by atoms with E-state index in [0.29, 0.717) is 24.0 Å². The Morgan fingerprint density at radius 3 is 2.74 bits per heavy atom. The largest absolute Gasteiger partial charge is 0.493 e. The first-order chi connectivity index (χ1) is 13.0. The highest BCUT2D eigenvalue weighted by Crippen LogP contribution is 2.32. The third-order valence-electron chi connectivity index (χ3n) is 4.38. The molecule has 2 heterocycles. The van der Waals surface area contributed by atoms with E-state index in [1.807, 2.05) is 18.2 Å². The quantitative estimate of drug-likeness (QED) is 0.616. The minimum absolute atomic E-state index is 0.176. The number of aliphatic hydroxyl groups is 1. The predicted molar refractivity (Wildman–Crippen MR) is 105 cm³/mol. The summed E-state index contributed by atoms with van der Waals surface area (Å²) in [7, 11) is 3.39. The lowest BCUT2D eigenvalue weighted by Gasteiger charge is -2.36. The molecule has 27 heavy (non-hydrogen) atoms. The molecule has 1 atom stereocenters. The minimum atomic E-state index is -0.931. The predicted octanol–water partition coefficient (Wildman–Crippen LogP) is 2.11. The van der Waals surface area contributed by atoms with Crippen LogP contribution in [-0.4, -0.2) is 66.0 Å². The van der Waals surface area contributed by atoms with Crippen LogP contribution in [0.2, 0.25) is 0 Å². The van der Waals surface area contributed by atoms with E-state index in [9.17, 15) is 5.11 Å². The molecule has 0 bridgehead atoms. The Morgan fingerprint density at radius 1 is 1.26 bits per heavy atom. The molecule has 0 aliphatic carbocycles. The zero-order chi connectivity index (χ0) is 19.3. The molecule has 3 rings (SSSR count). The van der Waals surface area contributed by atoms with Crippen LogP contribution >= 0.6 is 0 Å². The third kappa shape index (κ3) is 5.21. The van der Waals surface area contributed by atoms with E-state index < -0.39 is 5.60 Å². The lowest BCUT2D eigenvalue weighted by molar-refractivity contribution is -0.0310. The highest BCUT2D eigenvalue weighted by atomic mass is 16.5. The van der Waals surface area contributed by atoms with Gasteiger partial charge in [0.15, 0.2) is 11.5 Å². The fourth-order valence-corrected chi connectivity index (χ4v) is 2.85. The summed E-state index contributed by atoms with van der Waals surface area (Å²) < 4.78 is 11.3. The zero-order valence-electron chi connectivity index (χ0n) is 16.0. The number of nitrogens with zero attached hydrogens (tertiary/aromatic N) is 3. The van der Waals surface area contributed by atoms with Crippen LogP contribution in [0.25, 0.3) is 0 Å². The van der Waals surface area contributed by atoms with Gasteiger partial charge in [0.2, 0.25) is 5.95 Å². The fourth-order valence-electron chi connectivity index (χ4n) is 2.85. The number of nitrogens with one attached hydrogen (secondary N) is 2. The number of methoxy groups -OCH3 is 1. The Hall–Kier alpha value is -2.58. The summed E-state index contributed by atoms with van der Waals surface area (Å²) in [6, 6.07) is 7.27. The van der Waals surface area contributed by atoms with Gasteiger partial charge < -0.3 is 30.1 Å². The lowest BCUT2D eigenvalue weighted by atomic mass is 10.1. The first-order valence-corrected chi connectivity index (χ1v) is 9.02. The van der Waals surface area contributed by atoms with Crippen LogP contribution in [0.5, 0.6) is 11.5 Å². The number of β-amino-alcohol motifs (C(OH)–C–C–N with tert-alkyl or cyclic N) is 1. The Labute approximate surface area is 159 Å². The number of likely N-dealkylation sites (tertiary alicyclic amines) is 1. The van der Waals surface area contributed by atoms with Crippen LogP contribution in [0, 0.1) is 0 Å². The molecule has 146 valence electrons. The SMILES string of the molecule is CNc1ccnc(Nc2ccc(OC)c(OCC(C)(O)CN3CCC3)c2)n1. The summed E-state index contributed by atoms with van der Waals surface area (Å²) in [4.78, 5) is 10.8. The van der Waals surface area contributed by atoms with Crippen LogP contribution in [0.15, 0.2) is 30.5 Å². The average Bonchev–Trinajstić information content (AvgIpc) is 2.64. The topological polar surface area (TPSA) is 91.8 Å². The van der Waals surface area contributed by atoms with Crippen LogP contribution in [-0.2, 0) is 0 Å². The lowest BCUT2D eigenvalue weighted by Crippen LogP contribution is -2.50. The highest BCUT2D eigenvalue weighted by molar-refractivity contribution is 5.60. The maximum atomic E-state index is 10.6. The number of hydrogen-bond acceptors (Lipinski definition) is 8. The van der Waals surface area contributed by atoms with Crippen molar-refractivity contribution in [2.24, 2.45) is 0 Å². The zero-order valence-corrected chi connectivity index (χ0v) is 16.0. The number of aromatic nitrogens is 2. The van der Waals surface area contributed by atoms with Crippen molar-refractivity contribution in [3.63, 3.8) is 0 Å². The number of hydrogen-bond donors (Lipinski definition) is 3. The molecule has 1 unspecified atom stereocenters. The van der Waals surface area contributed by atoms with Crippen LogP contribution < -0.4 is 20.1 Å². The van der Waals surface area contributed by atoms with Gasteiger partial charge in [-0.2, -0.15) is 4.98 Å². The minimum Gasteiger partial charge on any atom is -0.493 e. The van der Waals surface area contributed by atoms with Gasteiger partial charge in [-0.1, -0.05) is 0 Å². The average molecular weight is 373 g/mol. The van der Waals surface area contributed by atoms with Gasteiger partial charge in [0.1, 0.15) is 18.0 Å². The molecule has 0 saturated carbocycles. The molecular weight excluding hydrogens is 346 g/mol. The number of benzene rings is 1. The van der Waals surface area contributed by atoms with Gasteiger partial charge in [-0.15, -0.1) is 0 Å². The van der Waals surface area contributed by atoms with E-state index in [-0.39, 0.29) is 6.61 Å². The van der Waals surface area contributed by atoms with Gasteiger partial charge >= 0.3 is 0 Å². The van der Waals surface area contributed by atoms with Gasteiger partial charge in [-0.3, -0.25) is 0 Å². The van der Waals surface area contributed by atoms with Crippen molar-refractivity contribution in [3.8, 4) is 11.5 Å². The van der Waals surface area contributed by atoms with Crippen molar-refractivity contribution in [1.29, 1.82) is 0 Å². The van der Waals surface area contributed by atoms with Crippen LogP contribution in [0.3, 0.4) is 0 Å². The van der Waals surface area contributed by atoms with Crippen LogP contribution in [0.1, 0.15) is 13.3 Å². The number of anilines is 3. The van der Waals surface area contributed by atoms with E-state index in [0.717, 1.165) is 24.6 Å². The summed E-state index contributed by atoms with van der Waals surface area (Å²) in [5.74, 6) is 2.35. The molecule has 3 N–H and O–H groups in total. The fraction of sp³-hybridized carbons (Fsp3) is 0.474. The van der Waals surface area contributed by atoms with E-state index in [2.05, 4.69) is 25.5 Å². The van der Waals surface area contributed by atoms with Gasteiger partial charge in [0.05, 0.1) is 7.11 Å². The Bertz CT molecular complexity index is 765. The van der Waals surface area contributed by atoms with E-state index in [1.165, 1.54) is 6.42 Å². The van der Waals surface area contributed by atoms with E-state index >= 15 is 0 Å². The Kier molecular flexibility index (Phi) is 5.98. The molecule has 2 aromatic rings. The molecular formula is C19H27N5O3. The third-order valence-corrected chi connectivity index (χ3v) is 4.38. The molecule has 1 aliphatic heterocycles. The molecule has 1 aromatic carbocycles. The smallest absolute Gasteiger partial charge is 0.229 e. The maximum Gasteiger partial charge on any atom is 0.229 e. The molecule has 1 fully saturated rings. The van der Waals surface area contributed by atoms with Crippen molar-refractivity contribution in [2.45, 2.75) is 18.9 Å². The Balaban J connectivity index is 1.69. The molecule has 8 heteroatoms. The van der Waals surface area contributed by atoms with Crippen molar-refractivity contribution in [2.75, 3.05) is 51.0 Å². The summed E-state index contributed by atoms with van der Waals surface area (Å²) in [6.45, 7) is 4.62. The summed E-state index contributed by atoms with van der Waals surface area (Å²) in [5, 5.41) is 16.7. The van der Waals surface area contributed by atoms with E-state index in [1.54, 1.807) is 33.3 Å². The second-order valence-corrected chi connectivity index (χ2v) is 6.92. The Morgan fingerprint density at radius 2 is 2.07 bits per heavy atom. The van der Waals surface area contributed by atoms with Crippen molar-refractivity contribution in [3.05, 3.63) is 30.5 Å². The van der Waals surface area contributed by atoms with E-state index in [4.69, 9.17) is 9.47 Å². The second-order valence-electron chi connectivity index (χ2n) is 6.92. The summed E-state index contributed by atoms with van der Waals surface area (Å²) in [5.41, 5.74) is -0.166.